The molecule has 4 heteroatoms. The Balaban J connectivity index is 1.90. The lowest BCUT2D eigenvalue weighted by Gasteiger charge is -2.16. The highest BCUT2D eigenvalue weighted by atomic mass is 16.5. The lowest BCUT2D eigenvalue weighted by Crippen LogP contribution is -2.20. The molecule has 21 heavy (non-hydrogen) atoms. The fourth-order valence-electron chi connectivity index (χ4n) is 2.27. The smallest absolute Gasteiger partial charge is 0.160 e. The molecule has 0 saturated carbocycles. The van der Waals surface area contributed by atoms with E-state index >= 15 is 0 Å². The molecule has 0 bridgehead atoms. The summed E-state index contributed by atoms with van der Waals surface area (Å²) in [7, 11) is 5.41. The largest absolute Gasteiger partial charge is 0.493 e. The average molecular weight is 289 g/mol. The first-order valence-electron chi connectivity index (χ1n) is 7.07. The van der Waals surface area contributed by atoms with E-state index in [0.717, 1.165) is 42.5 Å². The maximum absolute atomic E-state index is 5.59. The molecule has 0 saturated heterocycles. The van der Waals surface area contributed by atoms with Gasteiger partial charge < -0.3 is 13.9 Å². The SMILES string of the molecule is COc1ccc(CCN(C)Cc2ccc(C)o2)cc1OC. The van der Waals surface area contributed by atoms with Crippen LogP contribution in [0.25, 0.3) is 0 Å². The van der Waals surface area contributed by atoms with Gasteiger partial charge in [-0.15, -0.1) is 0 Å². The van der Waals surface area contributed by atoms with Crippen molar-refractivity contribution in [1.82, 2.24) is 4.90 Å². The number of furan rings is 1. The van der Waals surface area contributed by atoms with Crippen LogP contribution in [-0.2, 0) is 13.0 Å². The Morgan fingerprint density at radius 2 is 1.81 bits per heavy atom. The van der Waals surface area contributed by atoms with Gasteiger partial charge in [-0.25, -0.2) is 0 Å². The van der Waals surface area contributed by atoms with E-state index in [-0.39, 0.29) is 0 Å². The highest BCUT2D eigenvalue weighted by molar-refractivity contribution is 5.42. The molecule has 2 rings (SSSR count). The topological polar surface area (TPSA) is 34.8 Å². The van der Waals surface area contributed by atoms with Crippen molar-refractivity contribution in [2.75, 3.05) is 27.8 Å². The van der Waals surface area contributed by atoms with Gasteiger partial charge in [-0.05, 0) is 50.2 Å². The number of aryl methyl sites for hydroxylation is 1. The standard InChI is InChI=1S/C17H23NO3/c1-13-5-7-15(21-13)12-18(2)10-9-14-6-8-16(19-3)17(11-14)20-4/h5-8,11H,9-10,12H2,1-4H3. The Labute approximate surface area is 126 Å². The second-order valence-electron chi connectivity index (χ2n) is 5.19. The number of benzene rings is 1. The molecule has 0 aliphatic rings. The van der Waals surface area contributed by atoms with E-state index in [1.807, 2.05) is 31.2 Å². The van der Waals surface area contributed by atoms with E-state index in [9.17, 15) is 0 Å². The predicted molar refractivity (Wildman–Crippen MR) is 83.0 cm³/mol. The number of likely N-dealkylation sites (N-methyl/N-ethyl adjacent to an activating group) is 1. The molecule has 4 nitrogen and oxygen atoms in total. The van der Waals surface area contributed by atoms with Gasteiger partial charge in [-0.1, -0.05) is 6.07 Å². The van der Waals surface area contributed by atoms with Crippen LogP contribution in [0.2, 0.25) is 0 Å². The van der Waals surface area contributed by atoms with E-state index in [0.29, 0.717) is 0 Å². The van der Waals surface area contributed by atoms with Gasteiger partial charge in [0.25, 0.3) is 0 Å². The van der Waals surface area contributed by atoms with Crippen LogP contribution in [0.1, 0.15) is 17.1 Å². The van der Waals surface area contributed by atoms with Crippen molar-refractivity contribution < 1.29 is 13.9 Å². The molecule has 1 aromatic carbocycles. The van der Waals surface area contributed by atoms with Crippen molar-refractivity contribution in [2.24, 2.45) is 0 Å². The summed E-state index contributed by atoms with van der Waals surface area (Å²) in [5.74, 6) is 3.50. The van der Waals surface area contributed by atoms with E-state index in [4.69, 9.17) is 13.9 Å². The molecule has 0 aliphatic carbocycles. The summed E-state index contributed by atoms with van der Waals surface area (Å²) in [5, 5.41) is 0. The Morgan fingerprint density at radius 1 is 1.05 bits per heavy atom. The monoisotopic (exact) mass is 289 g/mol. The van der Waals surface area contributed by atoms with E-state index in [1.54, 1.807) is 14.2 Å². The van der Waals surface area contributed by atoms with Crippen LogP contribution in [0.4, 0.5) is 0 Å². The van der Waals surface area contributed by atoms with Crippen LogP contribution in [0.15, 0.2) is 34.7 Å². The number of hydrogen-bond acceptors (Lipinski definition) is 4. The van der Waals surface area contributed by atoms with Gasteiger partial charge in [0.05, 0.1) is 20.8 Å². The summed E-state index contributed by atoms with van der Waals surface area (Å²) < 4.78 is 16.2. The van der Waals surface area contributed by atoms with Crippen LogP contribution in [0.3, 0.4) is 0 Å². The third kappa shape index (κ3) is 4.26. The van der Waals surface area contributed by atoms with Gasteiger partial charge in [-0.2, -0.15) is 0 Å². The average Bonchev–Trinajstić information content (AvgIpc) is 2.89. The van der Waals surface area contributed by atoms with Crippen molar-refractivity contribution in [1.29, 1.82) is 0 Å². The zero-order valence-electron chi connectivity index (χ0n) is 13.2. The first-order valence-corrected chi connectivity index (χ1v) is 7.07. The third-order valence-corrected chi connectivity index (χ3v) is 3.45. The van der Waals surface area contributed by atoms with Crippen molar-refractivity contribution in [2.45, 2.75) is 19.9 Å². The molecule has 1 aromatic heterocycles. The third-order valence-electron chi connectivity index (χ3n) is 3.45. The Bertz CT molecular complexity index is 577. The maximum atomic E-state index is 5.59. The molecule has 1 heterocycles. The van der Waals surface area contributed by atoms with Crippen molar-refractivity contribution >= 4 is 0 Å². The summed E-state index contributed by atoms with van der Waals surface area (Å²) in [6.45, 7) is 3.74. The molecule has 0 spiro atoms. The summed E-state index contributed by atoms with van der Waals surface area (Å²) in [4.78, 5) is 2.25. The lowest BCUT2D eigenvalue weighted by atomic mass is 10.1. The fraction of sp³-hybridized carbons (Fsp3) is 0.412. The molecule has 0 aliphatic heterocycles. The highest BCUT2D eigenvalue weighted by Gasteiger charge is 2.07. The molecular formula is C17H23NO3. The van der Waals surface area contributed by atoms with Crippen LogP contribution in [-0.4, -0.2) is 32.7 Å². The molecule has 0 atom stereocenters. The summed E-state index contributed by atoms with van der Waals surface area (Å²) in [6, 6.07) is 10.1. The van der Waals surface area contributed by atoms with Gasteiger partial charge in [0.1, 0.15) is 11.5 Å². The summed E-state index contributed by atoms with van der Waals surface area (Å²) in [5.41, 5.74) is 1.23. The van der Waals surface area contributed by atoms with Crippen molar-refractivity contribution in [3.8, 4) is 11.5 Å². The number of nitrogens with zero attached hydrogens (tertiary/aromatic N) is 1. The molecule has 0 N–H and O–H groups in total. The molecule has 0 radical (unpaired) electrons. The van der Waals surface area contributed by atoms with E-state index in [1.165, 1.54) is 5.56 Å². The van der Waals surface area contributed by atoms with Gasteiger partial charge in [0.2, 0.25) is 0 Å². The second kappa shape index (κ2) is 7.18. The Hall–Kier alpha value is -1.94. The molecule has 0 fully saturated rings. The van der Waals surface area contributed by atoms with Crippen molar-refractivity contribution in [3.63, 3.8) is 0 Å². The minimum Gasteiger partial charge on any atom is -0.493 e. The number of hydrogen-bond donors (Lipinski definition) is 0. The van der Waals surface area contributed by atoms with Gasteiger partial charge in [-0.3, -0.25) is 4.90 Å². The van der Waals surface area contributed by atoms with Gasteiger partial charge >= 0.3 is 0 Å². The maximum Gasteiger partial charge on any atom is 0.160 e. The minimum atomic E-state index is 0.765. The van der Waals surface area contributed by atoms with Gasteiger partial charge in [0, 0.05) is 6.54 Å². The van der Waals surface area contributed by atoms with Crippen LogP contribution < -0.4 is 9.47 Å². The van der Waals surface area contributed by atoms with Gasteiger partial charge in [0.15, 0.2) is 11.5 Å². The molecule has 114 valence electrons. The minimum absolute atomic E-state index is 0.765. The number of ether oxygens (including phenoxy) is 2. The summed E-state index contributed by atoms with van der Waals surface area (Å²) >= 11 is 0. The lowest BCUT2D eigenvalue weighted by molar-refractivity contribution is 0.295. The van der Waals surface area contributed by atoms with Crippen LogP contribution in [0.5, 0.6) is 11.5 Å². The predicted octanol–water partition coefficient (Wildman–Crippen LogP) is 3.28. The molecule has 2 aromatic rings. The quantitative estimate of drug-likeness (QED) is 0.783. The normalized spacial score (nSPS) is 10.9. The van der Waals surface area contributed by atoms with E-state index < -0.39 is 0 Å². The second-order valence-corrected chi connectivity index (χ2v) is 5.19. The molecule has 0 unspecified atom stereocenters. The molecule has 0 amide bonds. The fourth-order valence-corrected chi connectivity index (χ4v) is 2.27. The first-order chi connectivity index (χ1) is 10.1. The molecular weight excluding hydrogens is 266 g/mol. The summed E-state index contributed by atoms with van der Waals surface area (Å²) in [6.07, 6.45) is 0.955. The van der Waals surface area contributed by atoms with Crippen LogP contribution in [0, 0.1) is 6.92 Å². The Kier molecular flexibility index (Phi) is 5.28. The Morgan fingerprint density at radius 3 is 2.43 bits per heavy atom. The zero-order valence-corrected chi connectivity index (χ0v) is 13.2. The van der Waals surface area contributed by atoms with Crippen molar-refractivity contribution in [3.05, 3.63) is 47.4 Å². The van der Waals surface area contributed by atoms with E-state index in [2.05, 4.69) is 18.0 Å². The highest BCUT2D eigenvalue weighted by Crippen LogP contribution is 2.27. The number of rotatable bonds is 7. The first kappa shape index (κ1) is 15.4. The zero-order chi connectivity index (χ0) is 15.2. The number of methoxy groups -OCH3 is 2. The van der Waals surface area contributed by atoms with Crippen LogP contribution >= 0.6 is 0 Å².